The maximum Gasteiger partial charge on any atom is 0.244 e. The smallest absolute Gasteiger partial charge is 0.244 e. The molecule has 1 heterocycles. The van der Waals surface area contributed by atoms with Crippen molar-refractivity contribution in [3.63, 3.8) is 0 Å². The SMILES string of the molecule is COc1cc(/C=C/C(=O)N[C@@H](Cc2ccccc2)C(=O)N[C@H](C=O)C[C@@H]2CCCNC2=O)cc(OC)c1OC. The van der Waals surface area contributed by atoms with E-state index in [2.05, 4.69) is 16.0 Å². The van der Waals surface area contributed by atoms with Gasteiger partial charge in [-0.25, -0.2) is 0 Å². The third-order valence-electron chi connectivity index (χ3n) is 6.46. The molecule has 208 valence electrons. The number of piperidine rings is 1. The lowest BCUT2D eigenvalue weighted by Crippen LogP contribution is -2.51. The molecule has 1 saturated heterocycles. The van der Waals surface area contributed by atoms with E-state index in [9.17, 15) is 19.2 Å². The second-order valence-electron chi connectivity index (χ2n) is 9.16. The Labute approximate surface area is 228 Å². The lowest BCUT2D eigenvalue weighted by molar-refractivity contribution is -0.130. The summed E-state index contributed by atoms with van der Waals surface area (Å²) in [5.74, 6) is -0.187. The Morgan fingerprint density at radius 3 is 2.33 bits per heavy atom. The topological polar surface area (TPSA) is 132 Å². The molecule has 1 aliphatic heterocycles. The van der Waals surface area contributed by atoms with Crippen LogP contribution in [-0.2, 0) is 25.6 Å². The van der Waals surface area contributed by atoms with Gasteiger partial charge < -0.3 is 35.0 Å². The van der Waals surface area contributed by atoms with Crippen LogP contribution in [0.3, 0.4) is 0 Å². The number of carbonyl (C=O) groups is 4. The summed E-state index contributed by atoms with van der Waals surface area (Å²) < 4.78 is 16.0. The molecule has 10 heteroatoms. The number of nitrogens with one attached hydrogen (secondary N) is 3. The minimum Gasteiger partial charge on any atom is -0.493 e. The zero-order valence-corrected chi connectivity index (χ0v) is 22.4. The highest BCUT2D eigenvalue weighted by atomic mass is 16.5. The second-order valence-corrected chi connectivity index (χ2v) is 9.16. The molecule has 3 rings (SSSR count). The van der Waals surface area contributed by atoms with Crippen LogP contribution in [-0.4, -0.2) is 64.0 Å². The van der Waals surface area contributed by atoms with Crippen molar-refractivity contribution < 1.29 is 33.4 Å². The van der Waals surface area contributed by atoms with Crippen LogP contribution in [0.4, 0.5) is 0 Å². The van der Waals surface area contributed by atoms with Crippen molar-refractivity contribution in [2.45, 2.75) is 37.8 Å². The average Bonchev–Trinajstić information content (AvgIpc) is 2.96. The first kappa shape index (κ1) is 29.2. The first-order chi connectivity index (χ1) is 18.9. The number of ether oxygens (including phenoxy) is 3. The van der Waals surface area contributed by atoms with E-state index in [1.165, 1.54) is 27.4 Å². The van der Waals surface area contributed by atoms with Gasteiger partial charge in [-0.2, -0.15) is 0 Å². The monoisotopic (exact) mass is 537 g/mol. The molecule has 2 aromatic rings. The molecule has 3 amide bonds. The molecule has 0 bridgehead atoms. The molecule has 1 fully saturated rings. The van der Waals surface area contributed by atoms with E-state index < -0.39 is 23.9 Å². The third-order valence-corrected chi connectivity index (χ3v) is 6.46. The maximum absolute atomic E-state index is 13.2. The van der Waals surface area contributed by atoms with Crippen LogP contribution in [0.2, 0.25) is 0 Å². The summed E-state index contributed by atoms with van der Waals surface area (Å²) in [6, 6.07) is 10.8. The molecule has 3 N–H and O–H groups in total. The van der Waals surface area contributed by atoms with Crippen molar-refractivity contribution in [2.24, 2.45) is 5.92 Å². The molecule has 1 aliphatic rings. The van der Waals surface area contributed by atoms with E-state index in [1.807, 2.05) is 30.3 Å². The van der Waals surface area contributed by atoms with Crippen molar-refractivity contribution in [3.8, 4) is 17.2 Å². The Bertz CT molecular complexity index is 1160. The number of benzene rings is 2. The van der Waals surface area contributed by atoms with Crippen molar-refractivity contribution in [1.82, 2.24) is 16.0 Å². The summed E-state index contributed by atoms with van der Waals surface area (Å²) in [6.45, 7) is 0.613. The average molecular weight is 538 g/mol. The standard InChI is InChI=1S/C29H35N3O7/c1-37-24-15-20(16-25(38-2)27(24)39-3)11-12-26(34)32-23(14-19-8-5-4-6-9-19)29(36)31-22(18-33)17-21-10-7-13-30-28(21)35/h4-6,8-9,11-12,15-16,18,21-23H,7,10,13-14,17H2,1-3H3,(H,30,35)(H,31,36)(H,32,34)/b12-11+/t21-,22-,23-/m0/s1. The molecule has 0 saturated carbocycles. The lowest BCUT2D eigenvalue weighted by Gasteiger charge is -2.25. The molecule has 2 aromatic carbocycles. The van der Waals surface area contributed by atoms with Gasteiger partial charge in [0.05, 0.1) is 27.4 Å². The molecule has 0 unspecified atom stereocenters. The number of hydrogen-bond donors (Lipinski definition) is 3. The van der Waals surface area contributed by atoms with Gasteiger partial charge in [-0.1, -0.05) is 30.3 Å². The molecule has 39 heavy (non-hydrogen) atoms. The first-order valence-electron chi connectivity index (χ1n) is 12.7. The van der Waals surface area contributed by atoms with Gasteiger partial charge in [0.1, 0.15) is 12.3 Å². The minimum absolute atomic E-state index is 0.117. The Kier molecular flexibility index (Phi) is 10.9. The largest absolute Gasteiger partial charge is 0.493 e. The molecule has 0 aromatic heterocycles. The summed E-state index contributed by atoms with van der Waals surface area (Å²) in [5.41, 5.74) is 1.45. The van der Waals surface area contributed by atoms with Gasteiger partial charge in [-0.3, -0.25) is 14.4 Å². The molecule has 0 aliphatic carbocycles. The van der Waals surface area contributed by atoms with Crippen LogP contribution in [0.15, 0.2) is 48.5 Å². The summed E-state index contributed by atoms with van der Waals surface area (Å²) in [4.78, 5) is 50.0. The van der Waals surface area contributed by atoms with Crippen LogP contribution >= 0.6 is 0 Å². The number of carbonyl (C=O) groups excluding carboxylic acids is 4. The van der Waals surface area contributed by atoms with Crippen molar-refractivity contribution >= 4 is 30.1 Å². The fraction of sp³-hybridized carbons (Fsp3) is 0.379. The predicted octanol–water partition coefficient (Wildman–Crippen LogP) is 2.05. The summed E-state index contributed by atoms with van der Waals surface area (Å²) in [7, 11) is 4.50. The second kappa shape index (κ2) is 14.6. The molecule has 0 radical (unpaired) electrons. The van der Waals surface area contributed by atoms with Gasteiger partial charge in [0, 0.05) is 25.0 Å². The zero-order chi connectivity index (χ0) is 28.2. The quantitative estimate of drug-likeness (QED) is 0.263. The van der Waals surface area contributed by atoms with E-state index >= 15 is 0 Å². The normalized spacial score (nSPS) is 16.5. The number of amides is 3. The maximum atomic E-state index is 13.2. The number of methoxy groups -OCH3 is 3. The van der Waals surface area contributed by atoms with E-state index in [0.717, 1.165) is 12.0 Å². The fourth-order valence-electron chi connectivity index (χ4n) is 4.45. The van der Waals surface area contributed by atoms with Crippen molar-refractivity contribution in [3.05, 3.63) is 59.7 Å². The van der Waals surface area contributed by atoms with Crippen molar-refractivity contribution in [2.75, 3.05) is 27.9 Å². The molecule has 10 nitrogen and oxygen atoms in total. The highest BCUT2D eigenvalue weighted by Crippen LogP contribution is 2.38. The zero-order valence-electron chi connectivity index (χ0n) is 22.4. The number of hydrogen-bond acceptors (Lipinski definition) is 7. The van der Waals surface area contributed by atoms with E-state index in [0.29, 0.717) is 42.1 Å². The van der Waals surface area contributed by atoms with E-state index in [4.69, 9.17) is 14.2 Å². The van der Waals surface area contributed by atoms with Gasteiger partial charge in [-0.05, 0) is 48.6 Å². The number of rotatable bonds is 13. The van der Waals surface area contributed by atoms with Gasteiger partial charge in [0.2, 0.25) is 23.5 Å². The molecule has 0 spiro atoms. The Morgan fingerprint density at radius 2 is 1.74 bits per heavy atom. The highest BCUT2D eigenvalue weighted by molar-refractivity contribution is 5.96. The first-order valence-corrected chi connectivity index (χ1v) is 12.7. The minimum atomic E-state index is -0.952. The van der Waals surface area contributed by atoms with Crippen molar-refractivity contribution in [1.29, 1.82) is 0 Å². The summed E-state index contributed by atoms with van der Waals surface area (Å²) >= 11 is 0. The lowest BCUT2D eigenvalue weighted by atomic mass is 9.92. The Hall–Kier alpha value is -4.34. The van der Waals surface area contributed by atoms with Gasteiger partial charge >= 0.3 is 0 Å². The Morgan fingerprint density at radius 1 is 1.05 bits per heavy atom. The van der Waals surface area contributed by atoms with E-state index in [-0.39, 0.29) is 24.7 Å². The predicted molar refractivity (Wildman–Crippen MR) is 146 cm³/mol. The third kappa shape index (κ3) is 8.33. The fourth-order valence-corrected chi connectivity index (χ4v) is 4.45. The van der Waals surface area contributed by atoms with Gasteiger partial charge in [0.25, 0.3) is 0 Å². The summed E-state index contributed by atoms with van der Waals surface area (Å²) in [5, 5.41) is 8.23. The van der Waals surface area contributed by atoms with Crippen LogP contribution < -0.4 is 30.2 Å². The van der Waals surface area contributed by atoms with Gasteiger partial charge in [-0.15, -0.1) is 0 Å². The van der Waals surface area contributed by atoms with Crippen LogP contribution in [0, 0.1) is 5.92 Å². The number of aldehydes is 1. The van der Waals surface area contributed by atoms with Crippen LogP contribution in [0.1, 0.15) is 30.4 Å². The molecular weight excluding hydrogens is 502 g/mol. The van der Waals surface area contributed by atoms with Gasteiger partial charge in [0.15, 0.2) is 11.5 Å². The van der Waals surface area contributed by atoms with Crippen LogP contribution in [0.25, 0.3) is 6.08 Å². The molecular formula is C29H35N3O7. The van der Waals surface area contributed by atoms with Crippen LogP contribution in [0.5, 0.6) is 17.2 Å². The highest BCUT2D eigenvalue weighted by Gasteiger charge is 2.28. The summed E-state index contributed by atoms with van der Waals surface area (Å²) in [6.07, 6.45) is 5.39. The Balaban J connectivity index is 1.74. The van der Waals surface area contributed by atoms with E-state index in [1.54, 1.807) is 18.2 Å². The molecule has 3 atom stereocenters.